The van der Waals surface area contributed by atoms with E-state index in [0.717, 1.165) is 10.9 Å². The number of rotatable bonds is 2. The number of carbonyl (C=O) groups excluding carboxylic acids is 1. The van der Waals surface area contributed by atoms with Crippen molar-refractivity contribution in [3.63, 3.8) is 0 Å². The molecule has 0 fully saturated rings. The first kappa shape index (κ1) is 13.1. The molecule has 0 atom stereocenters. The number of methoxy groups -OCH3 is 1. The highest BCUT2D eigenvalue weighted by atomic mass is 16.5. The minimum atomic E-state index is -0.632. The largest absolute Gasteiger partial charge is 0.465 e. The van der Waals surface area contributed by atoms with Gasteiger partial charge in [0, 0.05) is 10.8 Å². The van der Waals surface area contributed by atoms with Gasteiger partial charge < -0.3 is 9.72 Å². The van der Waals surface area contributed by atoms with Crippen molar-refractivity contribution >= 4 is 16.7 Å². The number of aromatic nitrogens is 1. The van der Waals surface area contributed by atoms with Crippen LogP contribution in [0.4, 0.5) is 0 Å². The summed E-state index contributed by atoms with van der Waals surface area (Å²) in [6, 6.07) is 16.8. The lowest BCUT2D eigenvalue weighted by atomic mass is 10.0. The molecular weight excluding hydrogens is 266 g/mol. The van der Waals surface area contributed by atoms with Gasteiger partial charge in [0.1, 0.15) is 5.56 Å². The molecule has 0 radical (unpaired) electrons. The van der Waals surface area contributed by atoms with Crippen LogP contribution in [0.1, 0.15) is 10.4 Å². The number of hydrogen-bond acceptors (Lipinski definition) is 3. The number of pyridine rings is 1. The maximum atomic E-state index is 12.3. The zero-order chi connectivity index (χ0) is 14.8. The minimum Gasteiger partial charge on any atom is -0.465 e. The highest BCUT2D eigenvalue weighted by Gasteiger charge is 2.18. The quantitative estimate of drug-likeness (QED) is 0.734. The zero-order valence-corrected chi connectivity index (χ0v) is 11.4. The number of aromatic amines is 1. The van der Waals surface area contributed by atoms with Crippen LogP contribution in [-0.4, -0.2) is 18.1 Å². The molecule has 1 N–H and O–H groups in total. The van der Waals surface area contributed by atoms with E-state index in [-0.39, 0.29) is 5.56 Å². The first-order valence-electron chi connectivity index (χ1n) is 6.51. The molecule has 104 valence electrons. The molecule has 21 heavy (non-hydrogen) atoms. The Labute approximate surface area is 121 Å². The highest BCUT2D eigenvalue weighted by Crippen LogP contribution is 2.27. The molecule has 3 rings (SSSR count). The number of carbonyl (C=O) groups is 1. The molecule has 0 spiro atoms. The van der Waals surface area contributed by atoms with Crippen LogP contribution in [0.15, 0.2) is 59.4 Å². The topological polar surface area (TPSA) is 59.2 Å². The smallest absolute Gasteiger partial charge is 0.344 e. The summed E-state index contributed by atoms with van der Waals surface area (Å²) in [5.74, 6) is -0.632. The Morgan fingerprint density at radius 3 is 2.24 bits per heavy atom. The standard InChI is InChI=1S/C17H13NO3/c1-21-17(20)14-12-9-5-6-10-13(12)15(18-16(14)19)11-7-3-2-4-8-11/h2-10H,1H3,(H,18,19). The zero-order valence-electron chi connectivity index (χ0n) is 11.4. The van der Waals surface area contributed by atoms with E-state index in [0.29, 0.717) is 11.1 Å². The van der Waals surface area contributed by atoms with Gasteiger partial charge in [-0.05, 0) is 5.56 Å². The molecule has 0 saturated heterocycles. The van der Waals surface area contributed by atoms with Crippen LogP contribution in [0.5, 0.6) is 0 Å². The number of H-pyrrole nitrogens is 1. The molecule has 0 aliphatic heterocycles. The van der Waals surface area contributed by atoms with Crippen molar-refractivity contribution < 1.29 is 9.53 Å². The molecule has 0 aliphatic carbocycles. The second kappa shape index (κ2) is 5.25. The molecule has 0 aliphatic rings. The van der Waals surface area contributed by atoms with Crippen LogP contribution in [0.25, 0.3) is 22.0 Å². The van der Waals surface area contributed by atoms with Crippen LogP contribution in [0, 0.1) is 0 Å². The van der Waals surface area contributed by atoms with Crippen molar-refractivity contribution in [2.45, 2.75) is 0 Å². The van der Waals surface area contributed by atoms with Gasteiger partial charge in [-0.25, -0.2) is 4.79 Å². The lowest BCUT2D eigenvalue weighted by molar-refractivity contribution is 0.0601. The Hall–Kier alpha value is -2.88. The molecule has 4 heteroatoms. The van der Waals surface area contributed by atoms with Crippen molar-refractivity contribution in [3.05, 3.63) is 70.5 Å². The van der Waals surface area contributed by atoms with Crippen LogP contribution in [-0.2, 0) is 4.74 Å². The van der Waals surface area contributed by atoms with Crippen molar-refractivity contribution in [1.29, 1.82) is 0 Å². The van der Waals surface area contributed by atoms with Crippen LogP contribution in [0.3, 0.4) is 0 Å². The summed E-state index contributed by atoms with van der Waals surface area (Å²) >= 11 is 0. The van der Waals surface area contributed by atoms with E-state index in [2.05, 4.69) is 4.98 Å². The molecule has 0 bridgehead atoms. The van der Waals surface area contributed by atoms with Gasteiger partial charge in [0.2, 0.25) is 0 Å². The average molecular weight is 279 g/mol. The lowest BCUT2D eigenvalue weighted by Crippen LogP contribution is -2.20. The van der Waals surface area contributed by atoms with Gasteiger partial charge in [0.15, 0.2) is 0 Å². The van der Waals surface area contributed by atoms with Gasteiger partial charge in [-0.15, -0.1) is 0 Å². The summed E-state index contributed by atoms with van der Waals surface area (Å²) in [5, 5.41) is 1.40. The number of benzene rings is 2. The number of hydrogen-bond donors (Lipinski definition) is 1. The van der Waals surface area contributed by atoms with Gasteiger partial charge in [0.25, 0.3) is 5.56 Å². The van der Waals surface area contributed by atoms with Gasteiger partial charge in [-0.3, -0.25) is 4.79 Å². The first-order valence-corrected chi connectivity index (χ1v) is 6.51. The van der Waals surface area contributed by atoms with E-state index in [1.165, 1.54) is 7.11 Å². The van der Waals surface area contributed by atoms with Crippen LogP contribution < -0.4 is 5.56 Å². The maximum absolute atomic E-state index is 12.3. The molecular formula is C17H13NO3. The minimum absolute atomic E-state index is 0.0350. The van der Waals surface area contributed by atoms with Gasteiger partial charge >= 0.3 is 5.97 Å². The molecule has 0 saturated carbocycles. The highest BCUT2D eigenvalue weighted by molar-refractivity contribution is 6.07. The maximum Gasteiger partial charge on any atom is 0.344 e. The van der Waals surface area contributed by atoms with Gasteiger partial charge in [-0.1, -0.05) is 54.6 Å². The average Bonchev–Trinajstić information content (AvgIpc) is 2.54. The summed E-state index contributed by atoms with van der Waals surface area (Å²) in [4.78, 5) is 26.9. The van der Waals surface area contributed by atoms with E-state index >= 15 is 0 Å². The number of ether oxygens (including phenoxy) is 1. The molecule has 2 aromatic carbocycles. The SMILES string of the molecule is COC(=O)c1c(=O)[nH]c(-c2ccccc2)c2ccccc12. The Kier molecular flexibility index (Phi) is 3.28. The molecule has 4 nitrogen and oxygen atoms in total. The van der Waals surface area contributed by atoms with Crippen molar-refractivity contribution in [2.75, 3.05) is 7.11 Å². The molecule has 3 aromatic rings. The van der Waals surface area contributed by atoms with E-state index in [1.54, 1.807) is 12.1 Å². The summed E-state index contributed by atoms with van der Waals surface area (Å²) in [6.07, 6.45) is 0. The van der Waals surface area contributed by atoms with Crippen molar-refractivity contribution in [2.24, 2.45) is 0 Å². The van der Waals surface area contributed by atoms with Crippen molar-refractivity contribution in [1.82, 2.24) is 4.98 Å². The molecule has 1 aromatic heterocycles. The second-order valence-corrected chi connectivity index (χ2v) is 4.61. The summed E-state index contributed by atoms with van der Waals surface area (Å²) in [5.41, 5.74) is 1.18. The van der Waals surface area contributed by atoms with E-state index < -0.39 is 11.5 Å². The normalized spacial score (nSPS) is 10.5. The predicted octanol–water partition coefficient (Wildman–Crippen LogP) is 2.98. The first-order chi connectivity index (χ1) is 10.2. The fraction of sp³-hybridized carbons (Fsp3) is 0.0588. The van der Waals surface area contributed by atoms with Gasteiger partial charge in [-0.2, -0.15) is 0 Å². The third-order valence-corrected chi connectivity index (χ3v) is 3.38. The Balaban J connectivity index is 2.40. The van der Waals surface area contributed by atoms with Crippen LogP contribution >= 0.6 is 0 Å². The number of esters is 1. The third-order valence-electron chi connectivity index (χ3n) is 3.38. The Morgan fingerprint density at radius 1 is 0.952 bits per heavy atom. The summed E-state index contributed by atoms with van der Waals surface area (Å²) in [6.45, 7) is 0. The Bertz CT molecular complexity index is 866. The predicted molar refractivity (Wildman–Crippen MR) is 81.3 cm³/mol. The summed E-state index contributed by atoms with van der Waals surface area (Å²) in [7, 11) is 1.27. The van der Waals surface area contributed by atoms with Crippen molar-refractivity contribution in [3.8, 4) is 11.3 Å². The monoisotopic (exact) mass is 279 g/mol. The van der Waals surface area contributed by atoms with Gasteiger partial charge in [0.05, 0.1) is 12.8 Å². The van der Waals surface area contributed by atoms with E-state index in [1.807, 2.05) is 42.5 Å². The number of nitrogens with one attached hydrogen (secondary N) is 1. The molecule has 1 heterocycles. The van der Waals surface area contributed by atoms with E-state index in [9.17, 15) is 9.59 Å². The molecule has 0 unspecified atom stereocenters. The fourth-order valence-corrected chi connectivity index (χ4v) is 2.42. The third kappa shape index (κ3) is 2.21. The van der Waals surface area contributed by atoms with Crippen LogP contribution in [0.2, 0.25) is 0 Å². The summed E-state index contributed by atoms with van der Waals surface area (Å²) < 4.78 is 4.71. The Morgan fingerprint density at radius 2 is 1.57 bits per heavy atom. The molecule has 0 amide bonds. The number of fused-ring (bicyclic) bond motifs is 1. The fourth-order valence-electron chi connectivity index (χ4n) is 2.42. The lowest BCUT2D eigenvalue weighted by Gasteiger charge is -2.09. The second-order valence-electron chi connectivity index (χ2n) is 4.61. The van der Waals surface area contributed by atoms with E-state index in [4.69, 9.17) is 4.74 Å².